The van der Waals surface area contributed by atoms with Gasteiger partial charge in [0.2, 0.25) is 5.76 Å². The molecule has 0 spiro atoms. The molecule has 2 aromatic rings. The number of carboxylic acid groups (broad SMARTS) is 1. The average Bonchev–Trinajstić information content (AvgIpc) is 2.72. The predicted octanol–water partition coefficient (Wildman–Crippen LogP) is 2.82. The number of rotatable bonds is 2. The Morgan fingerprint density at radius 2 is 2.12 bits per heavy atom. The van der Waals surface area contributed by atoms with Crippen LogP contribution in [0.2, 0.25) is 0 Å². The van der Waals surface area contributed by atoms with Crippen LogP contribution < -0.4 is 0 Å². The zero-order chi connectivity index (χ0) is 12.6. The highest BCUT2D eigenvalue weighted by Crippen LogP contribution is 2.32. The molecule has 0 unspecified atom stereocenters. The van der Waals surface area contributed by atoms with Gasteiger partial charge in [0, 0.05) is 11.6 Å². The Morgan fingerprint density at radius 3 is 2.71 bits per heavy atom. The van der Waals surface area contributed by atoms with Crippen LogP contribution in [0.5, 0.6) is 5.75 Å². The van der Waals surface area contributed by atoms with Gasteiger partial charge in [-0.05, 0) is 40.5 Å². The average molecular weight is 298 g/mol. The fourth-order valence-electron chi connectivity index (χ4n) is 1.45. The Balaban J connectivity index is 2.52. The van der Waals surface area contributed by atoms with Crippen LogP contribution in [-0.4, -0.2) is 21.3 Å². The summed E-state index contributed by atoms with van der Waals surface area (Å²) in [6.45, 7) is 1.79. The van der Waals surface area contributed by atoms with E-state index in [0.717, 1.165) is 5.56 Å². The lowest BCUT2D eigenvalue weighted by atomic mass is 10.1. The van der Waals surface area contributed by atoms with Gasteiger partial charge in [0.05, 0.1) is 4.47 Å². The summed E-state index contributed by atoms with van der Waals surface area (Å²) in [5, 5.41) is 21.9. The van der Waals surface area contributed by atoms with Crippen molar-refractivity contribution in [2.75, 3.05) is 0 Å². The maximum atomic E-state index is 10.7. The lowest BCUT2D eigenvalue weighted by Gasteiger charge is -2.04. The van der Waals surface area contributed by atoms with Crippen molar-refractivity contribution in [1.82, 2.24) is 5.16 Å². The molecular weight excluding hydrogens is 290 g/mol. The van der Waals surface area contributed by atoms with Gasteiger partial charge >= 0.3 is 5.97 Å². The largest absolute Gasteiger partial charge is 0.507 e. The SMILES string of the molecule is Cc1cc(O)c(Br)cc1-c1cc(C(=O)O)on1. The van der Waals surface area contributed by atoms with Gasteiger partial charge in [-0.1, -0.05) is 5.16 Å². The molecule has 0 bridgehead atoms. The van der Waals surface area contributed by atoms with E-state index in [2.05, 4.69) is 25.6 Å². The minimum Gasteiger partial charge on any atom is -0.507 e. The highest BCUT2D eigenvalue weighted by molar-refractivity contribution is 9.10. The fourth-order valence-corrected chi connectivity index (χ4v) is 1.79. The normalized spacial score (nSPS) is 10.5. The summed E-state index contributed by atoms with van der Waals surface area (Å²) in [5.74, 6) is -1.27. The molecule has 0 saturated heterocycles. The van der Waals surface area contributed by atoms with Crippen LogP contribution in [-0.2, 0) is 0 Å². The van der Waals surface area contributed by atoms with E-state index in [-0.39, 0.29) is 11.5 Å². The standard InChI is InChI=1S/C11H8BrNO4/c1-5-2-9(14)7(12)3-6(5)8-4-10(11(15)16)17-13-8/h2-4,14H,1H3,(H,15,16). The number of phenols is 1. The molecule has 0 aliphatic rings. The predicted molar refractivity (Wildman–Crippen MR) is 63.0 cm³/mol. The molecule has 0 atom stereocenters. The third kappa shape index (κ3) is 2.16. The molecule has 2 rings (SSSR count). The highest BCUT2D eigenvalue weighted by Gasteiger charge is 2.15. The van der Waals surface area contributed by atoms with E-state index in [9.17, 15) is 9.90 Å². The number of carbonyl (C=O) groups is 1. The summed E-state index contributed by atoms with van der Waals surface area (Å²) in [6, 6.07) is 4.57. The maximum Gasteiger partial charge on any atom is 0.374 e. The summed E-state index contributed by atoms with van der Waals surface area (Å²) in [7, 11) is 0. The van der Waals surface area contributed by atoms with Gasteiger partial charge in [-0.2, -0.15) is 0 Å². The van der Waals surface area contributed by atoms with E-state index in [1.54, 1.807) is 19.1 Å². The van der Waals surface area contributed by atoms with Gasteiger partial charge in [0.15, 0.2) is 0 Å². The molecule has 0 amide bonds. The van der Waals surface area contributed by atoms with E-state index in [1.165, 1.54) is 6.07 Å². The van der Waals surface area contributed by atoms with Crippen molar-refractivity contribution >= 4 is 21.9 Å². The molecule has 0 saturated carbocycles. The Labute approximate surface area is 105 Å². The summed E-state index contributed by atoms with van der Waals surface area (Å²) in [6.07, 6.45) is 0. The van der Waals surface area contributed by atoms with Crippen molar-refractivity contribution in [1.29, 1.82) is 0 Å². The summed E-state index contributed by atoms with van der Waals surface area (Å²) in [5.41, 5.74) is 1.89. The minimum atomic E-state index is -1.17. The number of carboxylic acids is 1. The fraction of sp³-hybridized carbons (Fsp3) is 0.0909. The molecule has 0 aliphatic heterocycles. The number of benzene rings is 1. The number of hydrogen-bond donors (Lipinski definition) is 2. The van der Waals surface area contributed by atoms with Crippen LogP contribution in [0, 0.1) is 6.92 Å². The van der Waals surface area contributed by atoms with Crippen molar-refractivity contribution in [2.24, 2.45) is 0 Å². The first-order chi connectivity index (χ1) is 7.99. The zero-order valence-electron chi connectivity index (χ0n) is 8.77. The Bertz CT molecular complexity index is 591. The molecule has 1 heterocycles. The van der Waals surface area contributed by atoms with Crippen LogP contribution in [0.1, 0.15) is 16.1 Å². The van der Waals surface area contributed by atoms with Crippen molar-refractivity contribution < 1.29 is 19.5 Å². The third-order valence-corrected chi connectivity index (χ3v) is 2.93. The van der Waals surface area contributed by atoms with Gasteiger partial charge in [-0.3, -0.25) is 0 Å². The Morgan fingerprint density at radius 1 is 1.41 bits per heavy atom. The smallest absolute Gasteiger partial charge is 0.374 e. The molecule has 6 heteroatoms. The first-order valence-electron chi connectivity index (χ1n) is 4.68. The molecule has 88 valence electrons. The van der Waals surface area contributed by atoms with Crippen LogP contribution >= 0.6 is 15.9 Å². The second-order valence-corrected chi connectivity index (χ2v) is 4.35. The van der Waals surface area contributed by atoms with Crippen molar-refractivity contribution in [3.8, 4) is 17.0 Å². The molecule has 0 fully saturated rings. The van der Waals surface area contributed by atoms with E-state index >= 15 is 0 Å². The van der Waals surface area contributed by atoms with Gasteiger partial charge in [-0.25, -0.2) is 4.79 Å². The quantitative estimate of drug-likeness (QED) is 0.890. The van der Waals surface area contributed by atoms with E-state index in [0.29, 0.717) is 15.7 Å². The van der Waals surface area contributed by atoms with Gasteiger partial charge in [0.1, 0.15) is 11.4 Å². The van der Waals surface area contributed by atoms with E-state index in [4.69, 9.17) is 5.11 Å². The number of aryl methyl sites for hydroxylation is 1. The highest BCUT2D eigenvalue weighted by atomic mass is 79.9. The van der Waals surface area contributed by atoms with Gasteiger partial charge in [-0.15, -0.1) is 0 Å². The topological polar surface area (TPSA) is 83.6 Å². The van der Waals surface area contributed by atoms with Crippen molar-refractivity contribution in [3.05, 3.63) is 34.0 Å². The Hall–Kier alpha value is -1.82. The zero-order valence-corrected chi connectivity index (χ0v) is 10.4. The number of hydrogen-bond acceptors (Lipinski definition) is 4. The summed E-state index contributed by atoms with van der Waals surface area (Å²) >= 11 is 3.19. The molecular formula is C11H8BrNO4. The molecule has 5 nitrogen and oxygen atoms in total. The summed E-state index contributed by atoms with van der Waals surface area (Å²) in [4.78, 5) is 10.7. The second kappa shape index (κ2) is 4.21. The van der Waals surface area contributed by atoms with Crippen molar-refractivity contribution in [3.63, 3.8) is 0 Å². The third-order valence-electron chi connectivity index (χ3n) is 2.29. The molecule has 1 aromatic heterocycles. The molecule has 0 aliphatic carbocycles. The summed E-state index contributed by atoms with van der Waals surface area (Å²) < 4.78 is 5.19. The number of phenolic OH excluding ortho intramolecular Hbond substituents is 1. The number of halogens is 1. The first-order valence-corrected chi connectivity index (χ1v) is 5.48. The molecule has 1 aromatic carbocycles. The lowest BCUT2D eigenvalue weighted by molar-refractivity contribution is 0.0652. The Kier molecular flexibility index (Phi) is 2.89. The van der Waals surface area contributed by atoms with Gasteiger partial charge < -0.3 is 14.7 Å². The van der Waals surface area contributed by atoms with Gasteiger partial charge in [0.25, 0.3) is 0 Å². The first kappa shape index (κ1) is 11.7. The van der Waals surface area contributed by atoms with Crippen LogP contribution in [0.4, 0.5) is 0 Å². The lowest BCUT2D eigenvalue weighted by Crippen LogP contribution is -1.91. The van der Waals surface area contributed by atoms with Crippen LogP contribution in [0.3, 0.4) is 0 Å². The number of aromatic hydroxyl groups is 1. The molecule has 17 heavy (non-hydrogen) atoms. The number of aromatic nitrogens is 1. The number of aromatic carboxylic acids is 1. The van der Waals surface area contributed by atoms with Crippen LogP contribution in [0.25, 0.3) is 11.3 Å². The maximum absolute atomic E-state index is 10.7. The second-order valence-electron chi connectivity index (χ2n) is 3.50. The van der Waals surface area contributed by atoms with E-state index < -0.39 is 5.97 Å². The molecule has 0 radical (unpaired) electrons. The monoisotopic (exact) mass is 297 g/mol. The number of nitrogens with zero attached hydrogens (tertiary/aromatic N) is 1. The van der Waals surface area contributed by atoms with E-state index in [1.807, 2.05) is 0 Å². The van der Waals surface area contributed by atoms with Crippen LogP contribution in [0.15, 0.2) is 27.2 Å². The minimum absolute atomic E-state index is 0.119. The molecule has 2 N–H and O–H groups in total. The van der Waals surface area contributed by atoms with Crippen molar-refractivity contribution in [2.45, 2.75) is 6.92 Å².